The van der Waals surface area contributed by atoms with Crippen molar-refractivity contribution >= 4 is 46.1 Å². The first-order valence-electron chi connectivity index (χ1n) is 11.7. The Morgan fingerprint density at radius 1 is 1.14 bits per heavy atom. The van der Waals surface area contributed by atoms with Gasteiger partial charge in [-0.3, -0.25) is 10.1 Å². The van der Waals surface area contributed by atoms with E-state index < -0.39 is 4.92 Å². The molecule has 2 heterocycles. The zero-order chi connectivity index (χ0) is 24.9. The van der Waals surface area contributed by atoms with Crippen molar-refractivity contribution in [3.8, 4) is 5.75 Å². The number of nitrogens with zero attached hydrogens (tertiary/aromatic N) is 4. The summed E-state index contributed by atoms with van der Waals surface area (Å²) in [5.41, 5.74) is 3.53. The third-order valence-corrected chi connectivity index (χ3v) is 5.94. The van der Waals surface area contributed by atoms with Gasteiger partial charge in [0, 0.05) is 42.7 Å². The normalized spacial score (nSPS) is 13.6. The van der Waals surface area contributed by atoms with Gasteiger partial charge < -0.3 is 20.3 Å². The Kier molecular flexibility index (Phi) is 7.55. The third kappa shape index (κ3) is 6.10. The minimum absolute atomic E-state index is 0.0144. The number of aromatic nitrogens is 2. The van der Waals surface area contributed by atoms with Crippen LogP contribution in [0.1, 0.15) is 38.7 Å². The number of halogens is 1. The number of nitro benzene ring substituents is 1. The maximum atomic E-state index is 11.1. The molecule has 1 saturated heterocycles. The van der Waals surface area contributed by atoms with Crippen LogP contribution in [0, 0.1) is 17.0 Å². The fourth-order valence-corrected chi connectivity index (χ4v) is 4.21. The largest absolute Gasteiger partial charge is 0.489 e. The number of nitro groups is 1. The Morgan fingerprint density at radius 2 is 1.91 bits per heavy atom. The molecule has 0 atom stereocenters. The number of hydrogen-bond donors (Lipinski definition) is 2. The Bertz CT molecular complexity index is 1210. The number of nitrogens with one attached hydrogen (secondary N) is 2. The lowest BCUT2D eigenvalue weighted by Gasteiger charge is -2.31. The lowest BCUT2D eigenvalue weighted by Crippen LogP contribution is -2.30. The number of ether oxygens (including phenoxy) is 1. The van der Waals surface area contributed by atoms with E-state index in [2.05, 4.69) is 38.5 Å². The van der Waals surface area contributed by atoms with E-state index in [1.807, 2.05) is 19.9 Å². The van der Waals surface area contributed by atoms with Crippen molar-refractivity contribution in [3.63, 3.8) is 0 Å². The second-order valence-electron chi connectivity index (χ2n) is 8.80. The number of non-ortho nitro benzene ring substituents is 1. The van der Waals surface area contributed by atoms with Gasteiger partial charge in [-0.05, 0) is 57.7 Å². The van der Waals surface area contributed by atoms with Crippen LogP contribution in [0.2, 0.25) is 5.02 Å². The SMILES string of the molecule is Cc1cc(Nc2nc(Nc3cccc([N+](=O)[O-])c3)ncc2Cl)c(OC(C)C)cc1N1CCCCC1. The molecule has 0 saturated carbocycles. The Balaban J connectivity index is 1.63. The highest BCUT2D eigenvalue weighted by Crippen LogP contribution is 2.37. The van der Waals surface area contributed by atoms with Gasteiger partial charge in [-0.15, -0.1) is 0 Å². The molecule has 3 aromatic rings. The number of anilines is 5. The molecule has 2 N–H and O–H groups in total. The molecule has 4 rings (SSSR count). The lowest BCUT2D eigenvalue weighted by atomic mass is 10.1. The molecule has 0 amide bonds. The first-order valence-corrected chi connectivity index (χ1v) is 12.1. The highest BCUT2D eigenvalue weighted by molar-refractivity contribution is 6.33. The predicted molar refractivity (Wildman–Crippen MR) is 140 cm³/mol. The standard InChI is InChI=1S/C25H29ClN6O3/c1-16(2)35-23-14-22(31-10-5-4-6-11-31)17(3)12-21(23)29-24-20(26)15-27-25(30-24)28-18-8-7-9-19(13-18)32(33)34/h7-9,12-16H,4-6,10-11H2,1-3H3,(H2,27,28,29,30). The Morgan fingerprint density at radius 3 is 2.63 bits per heavy atom. The van der Waals surface area contributed by atoms with Gasteiger partial charge in [-0.1, -0.05) is 17.7 Å². The summed E-state index contributed by atoms with van der Waals surface area (Å²) < 4.78 is 6.15. The van der Waals surface area contributed by atoms with Gasteiger partial charge in [0.1, 0.15) is 10.8 Å². The first-order chi connectivity index (χ1) is 16.8. The van der Waals surface area contributed by atoms with Crippen molar-refractivity contribution in [2.45, 2.75) is 46.1 Å². The molecular weight excluding hydrogens is 468 g/mol. The van der Waals surface area contributed by atoms with E-state index in [0.717, 1.165) is 24.3 Å². The zero-order valence-corrected chi connectivity index (χ0v) is 20.8. The molecule has 0 spiro atoms. The van der Waals surface area contributed by atoms with Crippen LogP contribution < -0.4 is 20.3 Å². The maximum Gasteiger partial charge on any atom is 0.271 e. The summed E-state index contributed by atoms with van der Waals surface area (Å²) >= 11 is 6.41. The van der Waals surface area contributed by atoms with Crippen molar-refractivity contribution < 1.29 is 9.66 Å². The molecule has 0 unspecified atom stereocenters. The van der Waals surface area contributed by atoms with Crippen molar-refractivity contribution in [1.29, 1.82) is 0 Å². The molecule has 35 heavy (non-hydrogen) atoms. The van der Waals surface area contributed by atoms with Crippen LogP contribution in [0.15, 0.2) is 42.6 Å². The fourth-order valence-electron chi connectivity index (χ4n) is 4.07. The van der Waals surface area contributed by atoms with Crippen LogP contribution in [0.25, 0.3) is 0 Å². The minimum atomic E-state index is -0.451. The predicted octanol–water partition coefficient (Wildman–Crippen LogP) is 6.61. The van der Waals surface area contributed by atoms with Crippen molar-refractivity contribution in [1.82, 2.24) is 9.97 Å². The van der Waals surface area contributed by atoms with Crippen molar-refractivity contribution in [2.75, 3.05) is 28.6 Å². The van der Waals surface area contributed by atoms with Crippen LogP contribution >= 0.6 is 11.6 Å². The zero-order valence-electron chi connectivity index (χ0n) is 20.0. The summed E-state index contributed by atoms with van der Waals surface area (Å²) in [6, 6.07) is 10.3. The molecule has 1 aliphatic heterocycles. The number of hydrogen-bond acceptors (Lipinski definition) is 8. The van der Waals surface area contributed by atoms with Crippen LogP contribution in [-0.4, -0.2) is 34.1 Å². The fraction of sp³-hybridized carbons (Fsp3) is 0.360. The van der Waals surface area contributed by atoms with Gasteiger partial charge in [0.2, 0.25) is 5.95 Å². The van der Waals surface area contributed by atoms with Crippen molar-refractivity contribution in [3.05, 3.63) is 63.3 Å². The Hall–Kier alpha value is -3.59. The molecule has 9 nitrogen and oxygen atoms in total. The highest BCUT2D eigenvalue weighted by atomic mass is 35.5. The molecule has 0 radical (unpaired) electrons. The van der Waals surface area contributed by atoms with Gasteiger partial charge >= 0.3 is 0 Å². The number of rotatable bonds is 8. The summed E-state index contributed by atoms with van der Waals surface area (Å²) in [7, 11) is 0. The molecule has 2 aromatic carbocycles. The van der Waals surface area contributed by atoms with Crippen LogP contribution in [0.3, 0.4) is 0 Å². The summed E-state index contributed by atoms with van der Waals surface area (Å²) in [6.45, 7) is 8.15. The molecule has 10 heteroatoms. The van der Waals surface area contributed by atoms with E-state index in [1.54, 1.807) is 12.1 Å². The first kappa shape index (κ1) is 24.5. The molecule has 1 fully saturated rings. The number of benzene rings is 2. The maximum absolute atomic E-state index is 11.1. The van der Waals surface area contributed by atoms with Gasteiger partial charge in [0.05, 0.1) is 22.9 Å². The molecular formula is C25H29ClN6O3. The lowest BCUT2D eigenvalue weighted by molar-refractivity contribution is -0.384. The molecule has 1 aromatic heterocycles. The van der Waals surface area contributed by atoms with Crippen LogP contribution in [0.4, 0.5) is 34.5 Å². The van der Waals surface area contributed by atoms with E-state index in [9.17, 15) is 10.1 Å². The quantitative estimate of drug-likeness (QED) is 0.265. The van der Waals surface area contributed by atoms with E-state index in [0.29, 0.717) is 22.3 Å². The summed E-state index contributed by atoms with van der Waals surface area (Å²) in [5, 5.41) is 17.7. The van der Waals surface area contributed by atoms with E-state index in [-0.39, 0.29) is 17.7 Å². The number of piperidine rings is 1. The smallest absolute Gasteiger partial charge is 0.271 e. The second kappa shape index (κ2) is 10.8. The van der Waals surface area contributed by atoms with Gasteiger partial charge in [-0.2, -0.15) is 4.98 Å². The average Bonchev–Trinajstić information content (AvgIpc) is 2.83. The highest BCUT2D eigenvalue weighted by Gasteiger charge is 2.18. The molecule has 0 aliphatic carbocycles. The van der Waals surface area contributed by atoms with Gasteiger partial charge in [-0.25, -0.2) is 4.98 Å². The summed E-state index contributed by atoms with van der Waals surface area (Å²) in [4.78, 5) is 21.7. The molecule has 1 aliphatic rings. The minimum Gasteiger partial charge on any atom is -0.489 e. The average molecular weight is 497 g/mol. The topological polar surface area (TPSA) is 105 Å². The third-order valence-electron chi connectivity index (χ3n) is 5.67. The monoisotopic (exact) mass is 496 g/mol. The van der Waals surface area contributed by atoms with Crippen molar-refractivity contribution in [2.24, 2.45) is 0 Å². The van der Waals surface area contributed by atoms with Crippen LogP contribution in [-0.2, 0) is 0 Å². The number of aryl methyl sites for hydroxylation is 1. The van der Waals surface area contributed by atoms with E-state index >= 15 is 0 Å². The van der Waals surface area contributed by atoms with E-state index in [4.69, 9.17) is 16.3 Å². The molecule has 0 bridgehead atoms. The van der Waals surface area contributed by atoms with E-state index in [1.165, 1.54) is 43.3 Å². The summed E-state index contributed by atoms with van der Waals surface area (Å²) in [5.74, 6) is 1.37. The van der Waals surface area contributed by atoms with Gasteiger partial charge in [0.15, 0.2) is 5.82 Å². The van der Waals surface area contributed by atoms with Gasteiger partial charge in [0.25, 0.3) is 5.69 Å². The van der Waals surface area contributed by atoms with Crippen LogP contribution in [0.5, 0.6) is 5.75 Å². The second-order valence-corrected chi connectivity index (χ2v) is 9.20. The molecule has 184 valence electrons. The Labute approximate surface area is 209 Å². The summed E-state index contributed by atoms with van der Waals surface area (Å²) in [6.07, 6.45) is 5.12.